The van der Waals surface area contributed by atoms with Crippen LogP contribution in [0.3, 0.4) is 0 Å². The van der Waals surface area contributed by atoms with E-state index in [4.69, 9.17) is 9.94 Å². The largest absolute Gasteiger partial charge is 0.392 e. The number of rotatable bonds is 2. The van der Waals surface area contributed by atoms with E-state index in [1.54, 1.807) is 6.20 Å². The van der Waals surface area contributed by atoms with Crippen LogP contribution in [0.15, 0.2) is 41.7 Å². The van der Waals surface area contributed by atoms with E-state index >= 15 is 0 Å². The number of aromatic nitrogens is 1. The van der Waals surface area contributed by atoms with Gasteiger partial charge in [-0.1, -0.05) is 17.3 Å². The van der Waals surface area contributed by atoms with E-state index < -0.39 is 0 Å². The summed E-state index contributed by atoms with van der Waals surface area (Å²) >= 11 is 0. The monoisotopic (exact) mass is 228 g/mol. The SMILES string of the molecule is OCC1CC(c2ccc3ncccc3c2)=NO1. The lowest BCUT2D eigenvalue weighted by molar-refractivity contribution is 0.0390. The average Bonchev–Trinajstić information content (AvgIpc) is 2.87. The van der Waals surface area contributed by atoms with Gasteiger partial charge < -0.3 is 9.94 Å². The molecule has 2 aromatic rings. The summed E-state index contributed by atoms with van der Waals surface area (Å²) in [6.07, 6.45) is 2.23. The van der Waals surface area contributed by atoms with Crippen molar-refractivity contribution in [2.24, 2.45) is 5.16 Å². The van der Waals surface area contributed by atoms with Crippen LogP contribution in [0.2, 0.25) is 0 Å². The molecule has 0 saturated carbocycles. The van der Waals surface area contributed by atoms with Gasteiger partial charge in [-0.2, -0.15) is 0 Å². The van der Waals surface area contributed by atoms with E-state index in [1.807, 2.05) is 30.3 Å². The minimum atomic E-state index is -0.199. The van der Waals surface area contributed by atoms with Crippen LogP contribution < -0.4 is 0 Å². The molecule has 2 heterocycles. The third kappa shape index (κ3) is 1.87. The van der Waals surface area contributed by atoms with Gasteiger partial charge in [0.05, 0.1) is 17.8 Å². The zero-order valence-electron chi connectivity index (χ0n) is 9.21. The van der Waals surface area contributed by atoms with Gasteiger partial charge in [-0.25, -0.2) is 0 Å². The molecule has 1 unspecified atom stereocenters. The standard InChI is InChI=1S/C13H12N2O2/c16-8-11-7-13(15-17-11)10-3-4-12-9(6-10)2-1-5-14-12/h1-6,11,16H,7-8H2. The first-order chi connectivity index (χ1) is 8.36. The molecule has 3 rings (SSSR count). The van der Waals surface area contributed by atoms with E-state index in [0.717, 1.165) is 22.2 Å². The van der Waals surface area contributed by atoms with E-state index in [1.165, 1.54) is 0 Å². The molecule has 1 N–H and O–H groups in total. The number of nitrogens with zero attached hydrogens (tertiary/aromatic N) is 2. The molecule has 1 aromatic heterocycles. The van der Waals surface area contributed by atoms with Gasteiger partial charge >= 0.3 is 0 Å². The van der Waals surface area contributed by atoms with Gasteiger partial charge in [0.25, 0.3) is 0 Å². The van der Waals surface area contributed by atoms with E-state index in [9.17, 15) is 0 Å². The summed E-state index contributed by atoms with van der Waals surface area (Å²) in [7, 11) is 0. The summed E-state index contributed by atoms with van der Waals surface area (Å²) in [6.45, 7) is 0.00212. The normalized spacial score (nSPS) is 19.1. The Kier molecular flexibility index (Phi) is 2.49. The molecule has 17 heavy (non-hydrogen) atoms. The topological polar surface area (TPSA) is 54.7 Å². The summed E-state index contributed by atoms with van der Waals surface area (Å²) in [5.41, 5.74) is 2.88. The lowest BCUT2D eigenvalue weighted by atomic mass is 10.0. The lowest BCUT2D eigenvalue weighted by Crippen LogP contribution is -2.12. The van der Waals surface area contributed by atoms with Gasteiger partial charge in [-0.15, -0.1) is 0 Å². The highest BCUT2D eigenvalue weighted by atomic mass is 16.6. The summed E-state index contributed by atoms with van der Waals surface area (Å²) in [4.78, 5) is 9.37. The molecule has 0 saturated heterocycles. The molecule has 0 bridgehead atoms. The van der Waals surface area contributed by atoms with Gasteiger partial charge in [0, 0.05) is 23.6 Å². The van der Waals surface area contributed by atoms with Gasteiger partial charge in [0.2, 0.25) is 0 Å². The molecule has 4 heteroatoms. The number of aliphatic hydroxyl groups is 1. The van der Waals surface area contributed by atoms with Gasteiger partial charge in [0.15, 0.2) is 6.10 Å². The number of hydrogen-bond acceptors (Lipinski definition) is 4. The Labute approximate surface area is 98.5 Å². The predicted octanol–water partition coefficient (Wildman–Crippen LogP) is 1.72. The van der Waals surface area contributed by atoms with E-state index in [0.29, 0.717) is 6.42 Å². The Morgan fingerprint density at radius 3 is 3.12 bits per heavy atom. The molecular formula is C13H12N2O2. The van der Waals surface area contributed by atoms with Crippen molar-refractivity contribution in [1.82, 2.24) is 4.98 Å². The van der Waals surface area contributed by atoms with Crippen LogP contribution in [-0.2, 0) is 4.84 Å². The van der Waals surface area contributed by atoms with Crippen molar-refractivity contribution in [2.75, 3.05) is 6.61 Å². The van der Waals surface area contributed by atoms with Crippen LogP contribution in [0.1, 0.15) is 12.0 Å². The van der Waals surface area contributed by atoms with Crippen LogP contribution in [0.4, 0.5) is 0 Å². The number of pyridine rings is 1. The first-order valence-corrected chi connectivity index (χ1v) is 5.55. The average molecular weight is 228 g/mol. The molecule has 4 nitrogen and oxygen atoms in total. The van der Waals surface area contributed by atoms with Crippen molar-refractivity contribution in [2.45, 2.75) is 12.5 Å². The predicted molar refractivity (Wildman–Crippen MR) is 64.9 cm³/mol. The molecule has 0 fully saturated rings. The number of hydrogen-bond donors (Lipinski definition) is 1. The van der Waals surface area contributed by atoms with Crippen molar-refractivity contribution in [3.05, 3.63) is 42.1 Å². The third-order valence-corrected chi connectivity index (χ3v) is 2.87. The fourth-order valence-corrected chi connectivity index (χ4v) is 1.95. The fourth-order valence-electron chi connectivity index (χ4n) is 1.95. The number of aliphatic hydroxyl groups excluding tert-OH is 1. The molecule has 1 aliphatic heterocycles. The maximum Gasteiger partial charge on any atom is 0.156 e. The zero-order chi connectivity index (χ0) is 11.7. The first-order valence-electron chi connectivity index (χ1n) is 5.55. The maximum atomic E-state index is 8.99. The molecule has 0 aliphatic carbocycles. The highest BCUT2D eigenvalue weighted by molar-refractivity contribution is 6.03. The van der Waals surface area contributed by atoms with Gasteiger partial charge in [-0.3, -0.25) is 4.98 Å². The van der Waals surface area contributed by atoms with Crippen LogP contribution in [0.5, 0.6) is 0 Å². The molecule has 1 aliphatic rings. The Morgan fingerprint density at radius 2 is 2.29 bits per heavy atom. The van der Waals surface area contributed by atoms with Crippen molar-refractivity contribution < 1.29 is 9.94 Å². The molecule has 0 spiro atoms. The van der Waals surface area contributed by atoms with Crippen LogP contribution in [0, 0.1) is 0 Å². The highest BCUT2D eigenvalue weighted by Gasteiger charge is 2.21. The van der Waals surface area contributed by atoms with Crippen molar-refractivity contribution in [1.29, 1.82) is 0 Å². The summed E-state index contributed by atoms with van der Waals surface area (Å²) in [5.74, 6) is 0. The fraction of sp³-hybridized carbons (Fsp3) is 0.231. The minimum absolute atomic E-state index is 0.00212. The van der Waals surface area contributed by atoms with Crippen LogP contribution >= 0.6 is 0 Å². The second kappa shape index (κ2) is 4.14. The summed E-state index contributed by atoms with van der Waals surface area (Å²) < 4.78 is 0. The Bertz CT molecular complexity index is 580. The van der Waals surface area contributed by atoms with Gasteiger partial charge in [-0.05, 0) is 18.2 Å². The van der Waals surface area contributed by atoms with Gasteiger partial charge in [0.1, 0.15) is 0 Å². The number of oxime groups is 1. The van der Waals surface area contributed by atoms with E-state index in [-0.39, 0.29) is 12.7 Å². The lowest BCUT2D eigenvalue weighted by Gasteiger charge is -2.02. The highest BCUT2D eigenvalue weighted by Crippen LogP contribution is 2.19. The molecule has 0 amide bonds. The van der Waals surface area contributed by atoms with Crippen molar-refractivity contribution in [3.8, 4) is 0 Å². The second-order valence-corrected chi connectivity index (χ2v) is 4.06. The molecule has 1 atom stereocenters. The smallest absolute Gasteiger partial charge is 0.156 e. The Morgan fingerprint density at radius 1 is 1.35 bits per heavy atom. The molecule has 86 valence electrons. The maximum absolute atomic E-state index is 8.99. The summed E-state index contributed by atoms with van der Waals surface area (Å²) in [5, 5.41) is 14.1. The molecule has 1 aromatic carbocycles. The molecular weight excluding hydrogens is 216 g/mol. The first kappa shape index (κ1) is 10.2. The second-order valence-electron chi connectivity index (χ2n) is 4.06. The number of fused-ring (bicyclic) bond motifs is 1. The Hall–Kier alpha value is -1.94. The van der Waals surface area contributed by atoms with E-state index in [2.05, 4.69) is 10.1 Å². The van der Waals surface area contributed by atoms with Crippen LogP contribution in [0.25, 0.3) is 10.9 Å². The third-order valence-electron chi connectivity index (χ3n) is 2.87. The van der Waals surface area contributed by atoms with Crippen LogP contribution in [-0.4, -0.2) is 28.5 Å². The number of benzene rings is 1. The Balaban J connectivity index is 1.96. The molecule has 0 radical (unpaired) electrons. The zero-order valence-corrected chi connectivity index (χ0v) is 9.21. The van der Waals surface area contributed by atoms with Crippen molar-refractivity contribution in [3.63, 3.8) is 0 Å². The van der Waals surface area contributed by atoms with Crippen molar-refractivity contribution >= 4 is 16.6 Å². The summed E-state index contributed by atoms with van der Waals surface area (Å²) in [6, 6.07) is 9.93. The quantitative estimate of drug-likeness (QED) is 0.851. The minimum Gasteiger partial charge on any atom is -0.392 e.